The van der Waals surface area contributed by atoms with Gasteiger partial charge in [0.1, 0.15) is 5.65 Å². The fraction of sp³-hybridized carbons (Fsp3) is 0.350. The maximum atomic E-state index is 6.07. The first kappa shape index (κ1) is 17.2. The molecule has 136 valence electrons. The van der Waals surface area contributed by atoms with Crippen molar-refractivity contribution in [1.29, 1.82) is 0 Å². The van der Waals surface area contributed by atoms with Gasteiger partial charge in [-0.1, -0.05) is 17.7 Å². The Balaban J connectivity index is 1.58. The van der Waals surface area contributed by atoms with Crippen LogP contribution < -0.4 is 9.47 Å². The van der Waals surface area contributed by atoms with Crippen LogP contribution in [-0.4, -0.2) is 35.0 Å². The lowest BCUT2D eigenvalue weighted by Crippen LogP contribution is -2.23. The highest BCUT2D eigenvalue weighted by Crippen LogP contribution is 2.37. The number of likely N-dealkylation sites (tertiary alicyclic amines) is 1. The molecule has 26 heavy (non-hydrogen) atoms. The topological polar surface area (TPSA) is 39.0 Å². The van der Waals surface area contributed by atoms with E-state index < -0.39 is 0 Å². The molecule has 4 rings (SSSR count). The number of rotatable bonds is 5. The van der Waals surface area contributed by atoms with Crippen LogP contribution >= 0.6 is 11.6 Å². The van der Waals surface area contributed by atoms with Crippen molar-refractivity contribution >= 4 is 17.2 Å². The fourth-order valence-electron chi connectivity index (χ4n) is 3.75. The zero-order chi connectivity index (χ0) is 18.1. The van der Waals surface area contributed by atoms with E-state index in [9.17, 15) is 0 Å². The highest BCUT2D eigenvalue weighted by molar-refractivity contribution is 6.30. The summed E-state index contributed by atoms with van der Waals surface area (Å²) in [5, 5.41) is 0.714. The van der Waals surface area contributed by atoms with Gasteiger partial charge in [0.2, 0.25) is 0 Å². The van der Waals surface area contributed by atoms with E-state index in [-0.39, 0.29) is 0 Å². The molecule has 0 saturated carbocycles. The van der Waals surface area contributed by atoms with Crippen LogP contribution in [0.4, 0.5) is 0 Å². The highest BCUT2D eigenvalue weighted by Gasteiger charge is 2.27. The van der Waals surface area contributed by atoms with E-state index in [1.807, 2.05) is 28.8 Å². The van der Waals surface area contributed by atoms with Crippen LogP contribution in [0.5, 0.6) is 11.5 Å². The zero-order valence-electron chi connectivity index (χ0n) is 15.0. The molecule has 0 unspecified atom stereocenters. The average Bonchev–Trinajstić information content (AvgIpc) is 3.27. The highest BCUT2D eigenvalue weighted by atomic mass is 35.5. The zero-order valence-corrected chi connectivity index (χ0v) is 15.7. The molecule has 1 saturated heterocycles. The number of pyridine rings is 1. The van der Waals surface area contributed by atoms with Gasteiger partial charge in [-0.15, -0.1) is 0 Å². The van der Waals surface area contributed by atoms with Gasteiger partial charge < -0.3 is 13.9 Å². The number of ether oxygens (including phenoxy) is 2. The van der Waals surface area contributed by atoms with E-state index >= 15 is 0 Å². The van der Waals surface area contributed by atoms with E-state index in [1.165, 1.54) is 12.0 Å². The van der Waals surface area contributed by atoms with Crippen molar-refractivity contribution < 1.29 is 9.47 Å². The number of imidazole rings is 1. The predicted octanol–water partition coefficient (Wildman–Crippen LogP) is 4.34. The first-order chi connectivity index (χ1) is 12.7. The smallest absolute Gasteiger partial charge is 0.161 e. The van der Waals surface area contributed by atoms with Gasteiger partial charge in [-0.05, 0) is 49.2 Å². The molecule has 1 aliphatic heterocycles. The van der Waals surface area contributed by atoms with Crippen molar-refractivity contribution in [3.8, 4) is 11.5 Å². The first-order valence-corrected chi connectivity index (χ1v) is 9.15. The molecule has 0 radical (unpaired) electrons. The number of halogens is 1. The Hall–Kier alpha value is -2.24. The number of benzene rings is 1. The third kappa shape index (κ3) is 3.24. The standard InChI is InChI=1S/C20H22ClN3O2/c1-25-18-7-5-14(10-19(18)26-2)17-4-3-9-23(17)12-16-13-24-11-15(21)6-8-20(24)22-16/h5-8,10-11,13,17H,3-4,9,12H2,1-2H3/t17-/m0/s1. The molecular formula is C20H22ClN3O2. The van der Waals surface area contributed by atoms with E-state index in [0.29, 0.717) is 11.1 Å². The van der Waals surface area contributed by atoms with Gasteiger partial charge in [0, 0.05) is 25.0 Å². The molecule has 2 aromatic heterocycles. The van der Waals surface area contributed by atoms with Crippen molar-refractivity contribution in [2.75, 3.05) is 20.8 Å². The SMILES string of the molecule is COc1ccc([C@@H]2CCCN2Cc2cn3cc(Cl)ccc3n2)cc1OC. The minimum atomic E-state index is 0.364. The maximum Gasteiger partial charge on any atom is 0.161 e. The Labute approximate surface area is 158 Å². The van der Waals surface area contributed by atoms with Crippen LogP contribution in [0.2, 0.25) is 5.02 Å². The molecule has 1 atom stereocenters. The minimum Gasteiger partial charge on any atom is -0.493 e. The number of hydrogen-bond donors (Lipinski definition) is 0. The van der Waals surface area contributed by atoms with E-state index in [1.54, 1.807) is 14.2 Å². The quantitative estimate of drug-likeness (QED) is 0.668. The Kier molecular flexibility index (Phi) is 4.74. The van der Waals surface area contributed by atoms with Crippen LogP contribution in [0.15, 0.2) is 42.7 Å². The van der Waals surface area contributed by atoms with Crippen molar-refractivity contribution in [2.45, 2.75) is 25.4 Å². The number of aromatic nitrogens is 2. The monoisotopic (exact) mass is 371 g/mol. The van der Waals surface area contributed by atoms with Gasteiger partial charge in [-0.3, -0.25) is 4.90 Å². The van der Waals surface area contributed by atoms with Crippen LogP contribution in [0, 0.1) is 0 Å². The molecule has 0 amide bonds. The van der Waals surface area contributed by atoms with Crippen LogP contribution in [0.25, 0.3) is 5.65 Å². The predicted molar refractivity (Wildman–Crippen MR) is 102 cm³/mol. The van der Waals surface area contributed by atoms with Gasteiger partial charge in [0.25, 0.3) is 0 Å². The first-order valence-electron chi connectivity index (χ1n) is 8.77. The van der Waals surface area contributed by atoms with Gasteiger partial charge >= 0.3 is 0 Å². The summed E-state index contributed by atoms with van der Waals surface area (Å²) >= 11 is 6.07. The van der Waals surface area contributed by atoms with Gasteiger partial charge in [-0.2, -0.15) is 0 Å². The molecule has 1 aromatic carbocycles. The molecule has 6 heteroatoms. The summed E-state index contributed by atoms with van der Waals surface area (Å²) in [4.78, 5) is 7.20. The largest absolute Gasteiger partial charge is 0.493 e. The summed E-state index contributed by atoms with van der Waals surface area (Å²) in [5.41, 5.74) is 3.23. The molecule has 0 spiro atoms. The number of hydrogen-bond acceptors (Lipinski definition) is 4. The van der Waals surface area contributed by atoms with Crippen LogP contribution in [-0.2, 0) is 6.54 Å². The molecular weight excluding hydrogens is 350 g/mol. The molecule has 1 fully saturated rings. The van der Waals surface area contributed by atoms with Crippen LogP contribution in [0.1, 0.15) is 30.1 Å². The van der Waals surface area contributed by atoms with Crippen molar-refractivity contribution in [3.63, 3.8) is 0 Å². The Morgan fingerprint density at radius 1 is 1.12 bits per heavy atom. The summed E-state index contributed by atoms with van der Waals surface area (Å²) in [6.07, 6.45) is 6.27. The summed E-state index contributed by atoms with van der Waals surface area (Å²) < 4.78 is 12.8. The third-order valence-corrected chi connectivity index (χ3v) is 5.21. The minimum absolute atomic E-state index is 0.364. The Morgan fingerprint density at radius 3 is 2.77 bits per heavy atom. The lowest BCUT2D eigenvalue weighted by Gasteiger charge is -2.24. The fourth-order valence-corrected chi connectivity index (χ4v) is 3.92. The maximum absolute atomic E-state index is 6.07. The normalized spacial score (nSPS) is 17.7. The lowest BCUT2D eigenvalue weighted by molar-refractivity contribution is 0.245. The Morgan fingerprint density at radius 2 is 1.96 bits per heavy atom. The van der Waals surface area contributed by atoms with Gasteiger partial charge in [0.15, 0.2) is 11.5 Å². The van der Waals surface area contributed by atoms with E-state index in [2.05, 4.69) is 23.2 Å². The molecule has 0 bridgehead atoms. The lowest BCUT2D eigenvalue weighted by atomic mass is 10.0. The molecule has 3 heterocycles. The molecule has 5 nitrogen and oxygen atoms in total. The number of fused-ring (bicyclic) bond motifs is 1. The second kappa shape index (κ2) is 7.17. The number of nitrogens with zero attached hydrogens (tertiary/aromatic N) is 3. The second-order valence-electron chi connectivity index (χ2n) is 6.59. The molecule has 1 aliphatic rings. The van der Waals surface area contributed by atoms with E-state index in [0.717, 1.165) is 42.4 Å². The van der Waals surface area contributed by atoms with Gasteiger partial charge in [-0.25, -0.2) is 4.98 Å². The summed E-state index contributed by atoms with van der Waals surface area (Å²) in [7, 11) is 3.34. The summed E-state index contributed by atoms with van der Waals surface area (Å²) in [5.74, 6) is 1.54. The van der Waals surface area contributed by atoms with Gasteiger partial charge in [0.05, 0.1) is 24.9 Å². The van der Waals surface area contributed by atoms with Crippen molar-refractivity contribution in [3.05, 3.63) is 59.0 Å². The Bertz CT molecular complexity index is 925. The second-order valence-corrected chi connectivity index (χ2v) is 7.02. The van der Waals surface area contributed by atoms with E-state index in [4.69, 9.17) is 26.1 Å². The van der Waals surface area contributed by atoms with Crippen molar-refractivity contribution in [2.24, 2.45) is 0 Å². The molecule has 3 aromatic rings. The molecule has 0 N–H and O–H groups in total. The molecule has 0 aliphatic carbocycles. The summed E-state index contributed by atoms with van der Waals surface area (Å²) in [6.45, 7) is 1.88. The number of methoxy groups -OCH3 is 2. The van der Waals surface area contributed by atoms with Crippen LogP contribution in [0.3, 0.4) is 0 Å². The van der Waals surface area contributed by atoms with Crippen molar-refractivity contribution in [1.82, 2.24) is 14.3 Å². The average molecular weight is 372 g/mol. The summed E-state index contributed by atoms with van der Waals surface area (Å²) in [6, 6.07) is 10.4. The third-order valence-electron chi connectivity index (χ3n) is 4.99.